The van der Waals surface area contributed by atoms with Gasteiger partial charge >= 0.3 is 32.5 Å². The van der Waals surface area contributed by atoms with Gasteiger partial charge in [0.25, 0.3) is 5.16 Å². The zero-order valence-corrected chi connectivity index (χ0v) is 16.7. The molecule has 11 nitrogen and oxygen atoms in total. The molecule has 160 valence electrons. The van der Waals surface area contributed by atoms with Crippen LogP contribution in [0.3, 0.4) is 0 Å². The molecule has 0 N–H and O–H groups in total. The molecular formula is C13H14F3N5O6S2. The average Bonchev–Trinajstić information content (AvgIpc) is 3.12. The normalized spacial score (nSPS) is 12.8. The number of carbonyl (C=O) groups is 1. The molecule has 1 aromatic heterocycles. The van der Waals surface area contributed by atoms with Crippen LogP contribution in [-0.2, 0) is 31.1 Å². The van der Waals surface area contributed by atoms with Crippen molar-refractivity contribution in [1.82, 2.24) is 18.5 Å². The first-order valence-corrected chi connectivity index (χ1v) is 10.2. The molecular weight excluding hydrogens is 443 g/mol. The van der Waals surface area contributed by atoms with Gasteiger partial charge in [0.2, 0.25) is 0 Å². The molecule has 0 aliphatic carbocycles. The molecule has 0 aliphatic heterocycles. The number of carbonyl (C=O) groups excluding carboxylic acids is 1. The summed E-state index contributed by atoms with van der Waals surface area (Å²) < 4.78 is 93.7. The van der Waals surface area contributed by atoms with Crippen LogP contribution >= 0.6 is 0 Å². The van der Waals surface area contributed by atoms with Crippen LogP contribution in [0.1, 0.15) is 5.56 Å². The SMILES string of the molecule is COC(=O)N(c1cccc(C(F)(F)F)c1)S(=O)(=O)c1ncn(S(=O)(=O)N(C)C)n1. The van der Waals surface area contributed by atoms with Crippen LogP contribution in [0.25, 0.3) is 0 Å². The zero-order chi connectivity index (χ0) is 22.2. The van der Waals surface area contributed by atoms with Gasteiger partial charge in [0.1, 0.15) is 6.33 Å². The first-order valence-electron chi connectivity index (χ1n) is 7.38. The van der Waals surface area contributed by atoms with Crippen LogP contribution in [-0.4, -0.2) is 62.6 Å². The number of hydrogen-bond donors (Lipinski definition) is 0. The number of anilines is 1. The van der Waals surface area contributed by atoms with Crippen LogP contribution in [0.2, 0.25) is 0 Å². The van der Waals surface area contributed by atoms with E-state index in [9.17, 15) is 34.8 Å². The fourth-order valence-corrected chi connectivity index (χ4v) is 3.88. The Morgan fingerprint density at radius 2 is 1.79 bits per heavy atom. The van der Waals surface area contributed by atoms with Crippen LogP contribution in [0.15, 0.2) is 35.7 Å². The standard InChI is InChI=1S/C13H14F3N5O6S2/c1-19(2)29(25,26)20-8-17-11(18-20)28(23,24)21(12(22)27-3)10-6-4-5-9(7-10)13(14,15)16/h4-8H,1-3H3. The predicted octanol–water partition coefficient (Wildman–Crippen LogP) is 0.913. The summed E-state index contributed by atoms with van der Waals surface area (Å²) in [4.78, 5) is 15.4. The summed E-state index contributed by atoms with van der Waals surface area (Å²) in [5, 5.41) is 2.18. The fraction of sp³-hybridized carbons (Fsp3) is 0.308. The summed E-state index contributed by atoms with van der Waals surface area (Å²) in [6, 6.07) is 2.87. The minimum absolute atomic E-state index is 0.107. The predicted molar refractivity (Wildman–Crippen MR) is 91.5 cm³/mol. The minimum atomic E-state index is -5.03. The second kappa shape index (κ2) is 7.60. The van der Waals surface area contributed by atoms with E-state index in [0.29, 0.717) is 22.8 Å². The molecule has 0 bridgehead atoms. The molecule has 16 heteroatoms. The van der Waals surface area contributed by atoms with Crippen LogP contribution in [0, 0.1) is 0 Å². The lowest BCUT2D eigenvalue weighted by Crippen LogP contribution is -2.38. The molecule has 0 fully saturated rings. The van der Waals surface area contributed by atoms with Crippen molar-refractivity contribution in [1.29, 1.82) is 0 Å². The Balaban J connectivity index is 2.63. The molecule has 0 saturated heterocycles. The van der Waals surface area contributed by atoms with Gasteiger partial charge in [-0.2, -0.15) is 38.6 Å². The molecule has 1 aromatic carbocycles. The van der Waals surface area contributed by atoms with Crippen molar-refractivity contribution in [3.05, 3.63) is 36.2 Å². The lowest BCUT2D eigenvalue weighted by Gasteiger charge is -2.20. The maximum Gasteiger partial charge on any atom is 0.428 e. The molecule has 29 heavy (non-hydrogen) atoms. The zero-order valence-electron chi connectivity index (χ0n) is 15.0. The average molecular weight is 457 g/mol. The highest BCUT2D eigenvalue weighted by Gasteiger charge is 2.38. The van der Waals surface area contributed by atoms with Gasteiger partial charge < -0.3 is 4.74 Å². The molecule has 2 rings (SSSR count). The van der Waals surface area contributed by atoms with Gasteiger partial charge in [0, 0.05) is 14.1 Å². The number of halogens is 3. The number of benzene rings is 1. The second-order valence-corrected chi connectivity index (χ2v) is 9.16. The van der Waals surface area contributed by atoms with Crippen LogP contribution < -0.4 is 4.31 Å². The molecule has 0 radical (unpaired) electrons. The van der Waals surface area contributed by atoms with Crippen molar-refractivity contribution in [3.8, 4) is 0 Å². The summed E-state index contributed by atoms with van der Waals surface area (Å²) in [7, 11) is -6.16. The number of amides is 1. The van der Waals surface area contributed by atoms with Gasteiger partial charge in [-0.1, -0.05) is 6.07 Å². The molecule has 1 amide bonds. The maximum absolute atomic E-state index is 13.0. The highest BCUT2D eigenvalue weighted by Crippen LogP contribution is 2.33. The van der Waals surface area contributed by atoms with E-state index in [1.54, 1.807) is 0 Å². The van der Waals surface area contributed by atoms with Gasteiger partial charge in [-0.15, -0.1) is 9.19 Å². The second-order valence-electron chi connectivity index (χ2n) is 5.48. The molecule has 0 spiro atoms. The summed E-state index contributed by atoms with van der Waals surface area (Å²) in [6.45, 7) is 0. The molecule has 0 unspecified atom stereocenters. The van der Waals surface area contributed by atoms with E-state index in [4.69, 9.17) is 0 Å². The van der Waals surface area contributed by atoms with E-state index in [1.165, 1.54) is 0 Å². The largest absolute Gasteiger partial charge is 0.452 e. The monoisotopic (exact) mass is 457 g/mol. The molecule has 1 heterocycles. The minimum Gasteiger partial charge on any atom is -0.452 e. The van der Waals surface area contributed by atoms with E-state index in [0.717, 1.165) is 33.3 Å². The number of hydrogen-bond acceptors (Lipinski definition) is 8. The van der Waals surface area contributed by atoms with Crippen LogP contribution in [0.5, 0.6) is 0 Å². The number of aromatic nitrogens is 3. The first-order chi connectivity index (χ1) is 13.2. The molecule has 0 aliphatic rings. The number of nitrogens with zero attached hydrogens (tertiary/aromatic N) is 5. The highest BCUT2D eigenvalue weighted by molar-refractivity contribution is 7.93. The third-order valence-electron chi connectivity index (χ3n) is 3.37. The Bertz CT molecular complexity index is 1130. The van der Waals surface area contributed by atoms with Crippen molar-refractivity contribution in [2.24, 2.45) is 0 Å². The number of sulfonamides is 1. The van der Waals surface area contributed by atoms with Gasteiger partial charge in [-0.3, -0.25) is 0 Å². The summed E-state index contributed by atoms with van der Waals surface area (Å²) in [5.74, 6) is 0. The van der Waals surface area contributed by atoms with Gasteiger partial charge in [-0.25, -0.2) is 9.78 Å². The van der Waals surface area contributed by atoms with Crippen molar-refractivity contribution in [2.45, 2.75) is 11.3 Å². The van der Waals surface area contributed by atoms with E-state index in [1.807, 2.05) is 0 Å². The Morgan fingerprint density at radius 1 is 1.17 bits per heavy atom. The van der Waals surface area contributed by atoms with Crippen molar-refractivity contribution in [2.75, 3.05) is 25.5 Å². The summed E-state index contributed by atoms with van der Waals surface area (Å²) in [5.41, 5.74) is -1.94. The Hall–Kier alpha value is -2.72. The number of methoxy groups -OCH3 is 1. The van der Waals surface area contributed by atoms with Crippen LogP contribution in [0.4, 0.5) is 23.7 Å². The highest BCUT2D eigenvalue weighted by atomic mass is 32.2. The lowest BCUT2D eigenvalue weighted by atomic mass is 10.2. The summed E-state index contributed by atoms with van der Waals surface area (Å²) in [6.07, 6.45) is -5.82. The topological polar surface area (TPSA) is 132 Å². The Labute approximate surface area is 163 Å². The maximum atomic E-state index is 13.0. The third kappa shape index (κ3) is 4.33. The van der Waals surface area contributed by atoms with Gasteiger partial charge in [0.05, 0.1) is 18.4 Å². The summed E-state index contributed by atoms with van der Waals surface area (Å²) >= 11 is 0. The van der Waals surface area contributed by atoms with E-state index >= 15 is 0 Å². The third-order valence-corrected chi connectivity index (χ3v) is 6.43. The number of ether oxygens (including phenoxy) is 1. The van der Waals surface area contributed by atoms with E-state index < -0.39 is 48.9 Å². The number of rotatable bonds is 5. The molecule has 0 atom stereocenters. The molecule has 2 aromatic rings. The van der Waals surface area contributed by atoms with E-state index in [-0.39, 0.29) is 8.39 Å². The van der Waals surface area contributed by atoms with Gasteiger partial charge in [0.15, 0.2) is 0 Å². The first kappa shape index (κ1) is 22.6. The lowest BCUT2D eigenvalue weighted by molar-refractivity contribution is -0.137. The molecule has 0 saturated carbocycles. The van der Waals surface area contributed by atoms with Crippen molar-refractivity contribution < 1.29 is 39.5 Å². The Kier molecular flexibility index (Phi) is 5.91. The van der Waals surface area contributed by atoms with Gasteiger partial charge in [-0.05, 0) is 18.2 Å². The quantitative estimate of drug-likeness (QED) is 0.647. The van der Waals surface area contributed by atoms with Crippen molar-refractivity contribution in [3.63, 3.8) is 0 Å². The fourth-order valence-electron chi connectivity index (χ4n) is 1.95. The smallest absolute Gasteiger partial charge is 0.428 e. The van der Waals surface area contributed by atoms with Crippen molar-refractivity contribution >= 4 is 32.0 Å². The van der Waals surface area contributed by atoms with E-state index in [2.05, 4.69) is 14.8 Å². The number of alkyl halides is 3. The Morgan fingerprint density at radius 3 is 2.31 bits per heavy atom.